The number of anilines is 1. The van der Waals surface area contributed by atoms with E-state index >= 15 is 0 Å². The molecule has 148 valence electrons. The van der Waals surface area contributed by atoms with Gasteiger partial charge in [0, 0.05) is 36.2 Å². The SMILES string of the molecule is CC(=O)Nc1ccc(C(=O)NCCOCCOCCOCCN=[N+]=[N-])cc1. The lowest BCUT2D eigenvalue weighted by Gasteiger charge is -2.08. The van der Waals surface area contributed by atoms with Crippen molar-refractivity contribution < 1.29 is 23.8 Å². The molecule has 1 aromatic rings. The second-order valence-electron chi connectivity index (χ2n) is 5.31. The van der Waals surface area contributed by atoms with Gasteiger partial charge in [0.05, 0.1) is 39.6 Å². The average Bonchev–Trinajstić information content (AvgIpc) is 2.65. The molecule has 0 fully saturated rings. The molecule has 1 rings (SSSR count). The summed E-state index contributed by atoms with van der Waals surface area (Å²) in [6, 6.07) is 6.63. The maximum Gasteiger partial charge on any atom is 0.251 e. The molecule has 0 aliphatic carbocycles. The van der Waals surface area contributed by atoms with Gasteiger partial charge in [0.15, 0.2) is 0 Å². The first-order chi connectivity index (χ1) is 13.1. The molecule has 0 aromatic heterocycles. The predicted molar refractivity (Wildman–Crippen MR) is 99.5 cm³/mol. The lowest BCUT2D eigenvalue weighted by atomic mass is 10.2. The summed E-state index contributed by atoms with van der Waals surface area (Å²) in [6.45, 7) is 4.58. The van der Waals surface area contributed by atoms with Gasteiger partial charge in [-0.1, -0.05) is 5.11 Å². The third-order valence-corrected chi connectivity index (χ3v) is 3.14. The molecule has 0 aliphatic rings. The molecule has 0 atom stereocenters. The van der Waals surface area contributed by atoms with Crippen LogP contribution < -0.4 is 10.6 Å². The van der Waals surface area contributed by atoms with Crippen molar-refractivity contribution in [2.24, 2.45) is 5.11 Å². The van der Waals surface area contributed by atoms with E-state index in [-0.39, 0.29) is 11.8 Å². The Hall–Kier alpha value is -2.65. The maximum absolute atomic E-state index is 12.0. The van der Waals surface area contributed by atoms with E-state index in [4.69, 9.17) is 19.7 Å². The quantitative estimate of drug-likeness (QED) is 0.220. The summed E-state index contributed by atoms with van der Waals surface area (Å²) in [6.07, 6.45) is 0. The van der Waals surface area contributed by atoms with E-state index in [0.29, 0.717) is 64.0 Å². The standard InChI is InChI=1S/C17H25N5O5/c1-14(23)21-16-4-2-15(3-5-16)17(24)19-6-8-25-10-12-27-13-11-26-9-7-20-22-18/h2-5H,6-13H2,1H3,(H,19,24)(H,21,23). The maximum atomic E-state index is 12.0. The fourth-order valence-electron chi connectivity index (χ4n) is 1.94. The van der Waals surface area contributed by atoms with Crippen LogP contribution in [0.2, 0.25) is 0 Å². The number of hydrogen-bond acceptors (Lipinski definition) is 6. The zero-order valence-electron chi connectivity index (χ0n) is 15.3. The monoisotopic (exact) mass is 379 g/mol. The van der Waals surface area contributed by atoms with E-state index in [1.807, 2.05) is 0 Å². The minimum atomic E-state index is -0.206. The van der Waals surface area contributed by atoms with Crippen molar-refractivity contribution in [3.05, 3.63) is 40.3 Å². The van der Waals surface area contributed by atoms with Crippen molar-refractivity contribution in [2.75, 3.05) is 58.0 Å². The van der Waals surface area contributed by atoms with Crippen LogP contribution in [0.5, 0.6) is 0 Å². The number of rotatable bonds is 14. The molecule has 0 saturated carbocycles. The highest BCUT2D eigenvalue weighted by Crippen LogP contribution is 2.09. The molecule has 27 heavy (non-hydrogen) atoms. The summed E-state index contributed by atoms with van der Waals surface area (Å²) in [5.41, 5.74) is 9.23. The Bertz CT molecular complexity index is 617. The Kier molecular flexibility index (Phi) is 12.0. The molecule has 0 heterocycles. The third kappa shape index (κ3) is 11.6. The Labute approximate surface area is 157 Å². The largest absolute Gasteiger partial charge is 0.379 e. The van der Waals surface area contributed by atoms with E-state index < -0.39 is 0 Å². The van der Waals surface area contributed by atoms with Crippen LogP contribution in [0.25, 0.3) is 10.4 Å². The van der Waals surface area contributed by atoms with Crippen LogP contribution in [0.1, 0.15) is 17.3 Å². The molecule has 2 N–H and O–H groups in total. The fourth-order valence-corrected chi connectivity index (χ4v) is 1.94. The average molecular weight is 379 g/mol. The lowest BCUT2D eigenvalue weighted by Crippen LogP contribution is -2.27. The summed E-state index contributed by atoms with van der Waals surface area (Å²) in [5, 5.41) is 8.73. The normalized spacial score (nSPS) is 10.1. The first-order valence-electron chi connectivity index (χ1n) is 8.53. The summed E-state index contributed by atoms with van der Waals surface area (Å²) in [7, 11) is 0. The molecule has 0 unspecified atom stereocenters. The van der Waals surface area contributed by atoms with Gasteiger partial charge in [-0.25, -0.2) is 0 Å². The Morgan fingerprint density at radius 3 is 2.19 bits per heavy atom. The van der Waals surface area contributed by atoms with Crippen molar-refractivity contribution in [2.45, 2.75) is 6.92 Å². The first kappa shape index (κ1) is 22.4. The van der Waals surface area contributed by atoms with Gasteiger partial charge >= 0.3 is 0 Å². The Morgan fingerprint density at radius 1 is 1.00 bits per heavy atom. The molecular weight excluding hydrogens is 354 g/mol. The smallest absolute Gasteiger partial charge is 0.251 e. The second-order valence-corrected chi connectivity index (χ2v) is 5.31. The predicted octanol–water partition coefficient (Wildman–Crippen LogP) is 1.73. The van der Waals surface area contributed by atoms with Crippen LogP contribution in [-0.2, 0) is 19.0 Å². The zero-order chi connectivity index (χ0) is 19.7. The van der Waals surface area contributed by atoms with Gasteiger partial charge in [0.1, 0.15) is 0 Å². The number of amides is 2. The number of benzene rings is 1. The molecular formula is C17H25N5O5. The summed E-state index contributed by atoms with van der Waals surface area (Å²) < 4.78 is 15.8. The van der Waals surface area contributed by atoms with Crippen LogP contribution in [0.3, 0.4) is 0 Å². The first-order valence-corrected chi connectivity index (χ1v) is 8.53. The van der Waals surface area contributed by atoms with Crippen molar-refractivity contribution in [3.63, 3.8) is 0 Å². The van der Waals surface area contributed by atoms with Crippen molar-refractivity contribution >= 4 is 17.5 Å². The van der Waals surface area contributed by atoms with Crippen LogP contribution >= 0.6 is 0 Å². The van der Waals surface area contributed by atoms with Gasteiger partial charge in [0.25, 0.3) is 5.91 Å². The van der Waals surface area contributed by atoms with E-state index in [2.05, 4.69) is 20.7 Å². The molecule has 10 heteroatoms. The number of nitrogens with zero attached hydrogens (tertiary/aromatic N) is 3. The van der Waals surface area contributed by atoms with Crippen LogP contribution in [0, 0.1) is 0 Å². The van der Waals surface area contributed by atoms with Gasteiger partial charge in [-0.15, -0.1) is 0 Å². The van der Waals surface area contributed by atoms with E-state index in [1.165, 1.54) is 6.92 Å². The van der Waals surface area contributed by atoms with Crippen molar-refractivity contribution in [1.29, 1.82) is 0 Å². The van der Waals surface area contributed by atoms with Crippen LogP contribution in [0.4, 0.5) is 5.69 Å². The molecule has 0 bridgehead atoms. The van der Waals surface area contributed by atoms with Gasteiger partial charge in [-0.2, -0.15) is 0 Å². The van der Waals surface area contributed by atoms with Crippen LogP contribution in [-0.4, -0.2) is 64.5 Å². The summed E-state index contributed by atoms with van der Waals surface area (Å²) in [4.78, 5) is 25.5. The fraction of sp³-hybridized carbons (Fsp3) is 0.529. The third-order valence-electron chi connectivity index (χ3n) is 3.14. The number of carbonyl (C=O) groups is 2. The molecule has 2 amide bonds. The number of carbonyl (C=O) groups excluding carboxylic acids is 2. The zero-order valence-corrected chi connectivity index (χ0v) is 15.3. The van der Waals surface area contributed by atoms with Crippen LogP contribution in [0.15, 0.2) is 29.4 Å². The van der Waals surface area contributed by atoms with Gasteiger partial charge in [-0.3, -0.25) is 9.59 Å². The number of ether oxygens (including phenoxy) is 3. The van der Waals surface area contributed by atoms with Gasteiger partial charge in [0.2, 0.25) is 5.91 Å². The highest BCUT2D eigenvalue weighted by atomic mass is 16.5. The highest BCUT2D eigenvalue weighted by Gasteiger charge is 2.05. The van der Waals surface area contributed by atoms with Crippen molar-refractivity contribution in [3.8, 4) is 0 Å². The molecule has 1 aromatic carbocycles. The number of azide groups is 1. The van der Waals surface area contributed by atoms with Gasteiger partial charge < -0.3 is 24.8 Å². The molecule has 0 aliphatic heterocycles. The summed E-state index contributed by atoms with van der Waals surface area (Å²) >= 11 is 0. The van der Waals surface area contributed by atoms with E-state index in [0.717, 1.165) is 0 Å². The Balaban J connectivity index is 1.99. The Morgan fingerprint density at radius 2 is 1.59 bits per heavy atom. The van der Waals surface area contributed by atoms with Crippen molar-refractivity contribution in [1.82, 2.24) is 5.32 Å². The molecule has 0 saturated heterocycles. The molecule has 10 nitrogen and oxygen atoms in total. The van der Waals surface area contributed by atoms with Gasteiger partial charge in [-0.05, 0) is 29.8 Å². The minimum absolute atomic E-state index is 0.161. The highest BCUT2D eigenvalue weighted by molar-refractivity contribution is 5.95. The summed E-state index contributed by atoms with van der Waals surface area (Å²) in [5.74, 6) is -0.367. The topological polar surface area (TPSA) is 135 Å². The second kappa shape index (κ2) is 14.5. The minimum Gasteiger partial charge on any atom is -0.379 e. The van der Waals surface area contributed by atoms with E-state index in [9.17, 15) is 9.59 Å². The molecule has 0 radical (unpaired) electrons. The lowest BCUT2D eigenvalue weighted by molar-refractivity contribution is -0.114. The number of nitrogens with one attached hydrogen (secondary N) is 2. The van der Waals surface area contributed by atoms with E-state index in [1.54, 1.807) is 24.3 Å². The molecule has 0 spiro atoms. The number of hydrogen-bond donors (Lipinski definition) is 2.